The van der Waals surface area contributed by atoms with Crippen LogP contribution in [0.25, 0.3) is 0 Å². The number of piperidine rings is 1. The number of benzene rings is 2. The number of nitrogens with zero attached hydrogens (tertiary/aromatic N) is 1. The molecule has 2 heterocycles. The van der Waals surface area contributed by atoms with E-state index in [2.05, 4.69) is 5.32 Å². The molecule has 1 N–H and O–H groups in total. The smallest absolute Gasteiger partial charge is 0.255 e. The van der Waals surface area contributed by atoms with Gasteiger partial charge in [-0.05, 0) is 43.5 Å². The van der Waals surface area contributed by atoms with Gasteiger partial charge in [-0.15, -0.1) is 0 Å². The summed E-state index contributed by atoms with van der Waals surface area (Å²) in [4.78, 5) is 27.4. The minimum absolute atomic E-state index is 0.0608. The number of likely N-dealkylation sites (tertiary alicyclic amines) is 1. The number of anilines is 1. The monoisotopic (exact) mass is 386 g/mol. The summed E-state index contributed by atoms with van der Waals surface area (Å²) in [5, 5.41) is 3.14. The summed E-state index contributed by atoms with van der Waals surface area (Å²) in [6, 6.07) is 10.2. The number of amides is 2. The average molecular weight is 387 g/mol. The summed E-state index contributed by atoms with van der Waals surface area (Å²) in [7, 11) is 0. The summed E-state index contributed by atoms with van der Waals surface area (Å²) < 4.78 is 10.6. The predicted molar refractivity (Wildman–Crippen MR) is 102 cm³/mol. The van der Waals surface area contributed by atoms with E-state index in [1.54, 1.807) is 30.3 Å². The molecule has 0 aromatic heterocycles. The lowest BCUT2D eigenvalue weighted by Crippen LogP contribution is -2.36. The van der Waals surface area contributed by atoms with E-state index in [0.29, 0.717) is 33.3 Å². The molecule has 2 amide bonds. The van der Waals surface area contributed by atoms with Gasteiger partial charge in [-0.1, -0.05) is 23.7 Å². The number of carbonyl (C=O) groups is 2. The summed E-state index contributed by atoms with van der Waals surface area (Å²) in [6.45, 7) is 1.57. The Morgan fingerprint density at radius 3 is 2.63 bits per heavy atom. The lowest BCUT2D eigenvalue weighted by molar-refractivity contribution is 0.0725. The van der Waals surface area contributed by atoms with Gasteiger partial charge in [0.15, 0.2) is 11.5 Å². The SMILES string of the molecule is O=C(Nc1ccccc1C(=O)N1CCCCC1)c1cc(Cl)c2c(c1)OCO2. The van der Waals surface area contributed by atoms with Crippen LogP contribution < -0.4 is 14.8 Å². The molecule has 0 atom stereocenters. The highest BCUT2D eigenvalue weighted by molar-refractivity contribution is 6.33. The van der Waals surface area contributed by atoms with Gasteiger partial charge >= 0.3 is 0 Å². The van der Waals surface area contributed by atoms with Gasteiger partial charge in [0.25, 0.3) is 11.8 Å². The van der Waals surface area contributed by atoms with Crippen molar-refractivity contribution in [2.45, 2.75) is 19.3 Å². The molecule has 0 unspecified atom stereocenters. The molecule has 0 bridgehead atoms. The molecule has 2 aliphatic heterocycles. The third-order valence-corrected chi connectivity index (χ3v) is 5.02. The van der Waals surface area contributed by atoms with Crippen molar-refractivity contribution in [3.63, 3.8) is 0 Å². The molecule has 0 aliphatic carbocycles. The maximum absolute atomic E-state index is 12.9. The zero-order chi connectivity index (χ0) is 18.8. The largest absolute Gasteiger partial charge is 0.454 e. The number of rotatable bonds is 3. The van der Waals surface area contributed by atoms with Crippen LogP contribution in [0.1, 0.15) is 40.0 Å². The molecule has 0 spiro atoms. The van der Waals surface area contributed by atoms with E-state index in [1.165, 1.54) is 6.07 Å². The van der Waals surface area contributed by atoms with E-state index < -0.39 is 0 Å². The summed E-state index contributed by atoms with van der Waals surface area (Å²) in [6.07, 6.45) is 3.17. The average Bonchev–Trinajstić information content (AvgIpc) is 3.18. The number of fused-ring (bicyclic) bond motifs is 1. The number of para-hydroxylation sites is 1. The molecule has 0 radical (unpaired) electrons. The van der Waals surface area contributed by atoms with E-state index in [1.807, 2.05) is 4.90 Å². The Balaban J connectivity index is 1.57. The standard InChI is InChI=1S/C20H19ClN2O4/c21-15-10-13(11-17-18(15)27-12-26-17)19(24)22-16-7-3-2-6-14(16)20(25)23-8-4-1-5-9-23/h2-3,6-7,10-11H,1,4-5,8-9,12H2,(H,22,24). The van der Waals surface area contributed by atoms with Gasteiger partial charge in [-0.25, -0.2) is 0 Å². The van der Waals surface area contributed by atoms with Crippen LogP contribution >= 0.6 is 11.6 Å². The van der Waals surface area contributed by atoms with Gasteiger partial charge in [0, 0.05) is 18.7 Å². The second-order valence-electron chi connectivity index (χ2n) is 6.54. The first-order valence-corrected chi connectivity index (χ1v) is 9.30. The summed E-state index contributed by atoms with van der Waals surface area (Å²) in [5.74, 6) is 0.447. The Kier molecular flexibility index (Phi) is 4.90. The fourth-order valence-electron chi connectivity index (χ4n) is 3.34. The summed E-state index contributed by atoms with van der Waals surface area (Å²) >= 11 is 6.16. The lowest BCUT2D eigenvalue weighted by Gasteiger charge is -2.27. The Bertz CT molecular complexity index is 894. The normalized spacial score (nSPS) is 15.5. The van der Waals surface area contributed by atoms with Crippen LogP contribution in [0.15, 0.2) is 36.4 Å². The third kappa shape index (κ3) is 3.57. The fourth-order valence-corrected chi connectivity index (χ4v) is 3.60. The van der Waals surface area contributed by atoms with Gasteiger partial charge in [0.05, 0.1) is 16.3 Å². The maximum Gasteiger partial charge on any atom is 0.255 e. The van der Waals surface area contributed by atoms with Gasteiger partial charge in [0.1, 0.15) is 0 Å². The number of hydrogen-bond donors (Lipinski definition) is 1. The topological polar surface area (TPSA) is 67.9 Å². The minimum atomic E-state index is -0.367. The first-order valence-electron chi connectivity index (χ1n) is 8.92. The van der Waals surface area contributed by atoms with Gasteiger partial charge in [0.2, 0.25) is 6.79 Å². The Morgan fingerprint density at radius 1 is 1.04 bits per heavy atom. The van der Waals surface area contributed by atoms with Crippen LogP contribution in [0, 0.1) is 0 Å². The molecule has 2 aromatic carbocycles. The second kappa shape index (κ2) is 7.48. The number of hydrogen-bond acceptors (Lipinski definition) is 4. The van der Waals surface area contributed by atoms with Crippen molar-refractivity contribution in [2.75, 3.05) is 25.2 Å². The lowest BCUT2D eigenvalue weighted by atomic mass is 10.1. The first-order chi connectivity index (χ1) is 13.1. The van der Waals surface area contributed by atoms with Crippen LogP contribution in [0.5, 0.6) is 11.5 Å². The van der Waals surface area contributed by atoms with Gasteiger partial charge in [-0.3, -0.25) is 9.59 Å². The molecule has 140 valence electrons. The molecule has 7 heteroatoms. The molecular formula is C20H19ClN2O4. The predicted octanol–water partition coefficient (Wildman–Crippen LogP) is 3.95. The third-order valence-electron chi connectivity index (χ3n) is 4.74. The fraction of sp³-hybridized carbons (Fsp3) is 0.300. The molecule has 4 rings (SSSR count). The van der Waals surface area contributed by atoms with Crippen LogP contribution in [0.4, 0.5) is 5.69 Å². The molecule has 6 nitrogen and oxygen atoms in total. The van der Waals surface area contributed by atoms with Gasteiger partial charge < -0.3 is 19.7 Å². The van der Waals surface area contributed by atoms with Crippen LogP contribution in [-0.4, -0.2) is 36.6 Å². The quantitative estimate of drug-likeness (QED) is 0.867. The van der Waals surface area contributed by atoms with Crippen molar-refractivity contribution in [1.82, 2.24) is 4.90 Å². The van der Waals surface area contributed by atoms with E-state index in [4.69, 9.17) is 21.1 Å². The molecule has 2 aromatic rings. The highest BCUT2D eigenvalue weighted by Gasteiger charge is 2.23. The Labute approximate surface area is 162 Å². The molecule has 0 saturated carbocycles. The molecule has 1 saturated heterocycles. The maximum atomic E-state index is 12.9. The van der Waals surface area contributed by atoms with Crippen LogP contribution in [-0.2, 0) is 0 Å². The van der Waals surface area contributed by atoms with Crippen molar-refractivity contribution in [3.8, 4) is 11.5 Å². The van der Waals surface area contributed by atoms with E-state index in [0.717, 1.165) is 32.4 Å². The molecule has 27 heavy (non-hydrogen) atoms. The van der Waals surface area contributed by atoms with Crippen molar-refractivity contribution in [1.29, 1.82) is 0 Å². The number of nitrogens with one attached hydrogen (secondary N) is 1. The number of carbonyl (C=O) groups excluding carboxylic acids is 2. The first kappa shape index (κ1) is 17.7. The van der Waals surface area contributed by atoms with E-state index in [-0.39, 0.29) is 18.6 Å². The van der Waals surface area contributed by atoms with E-state index >= 15 is 0 Å². The van der Waals surface area contributed by atoms with Crippen LogP contribution in [0.3, 0.4) is 0 Å². The van der Waals surface area contributed by atoms with Crippen molar-refractivity contribution >= 4 is 29.1 Å². The van der Waals surface area contributed by atoms with Crippen LogP contribution in [0.2, 0.25) is 5.02 Å². The second-order valence-corrected chi connectivity index (χ2v) is 6.95. The zero-order valence-corrected chi connectivity index (χ0v) is 15.4. The number of ether oxygens (including phenoxy) is 2. The Morgan fingerprint density at radius 2 is 1.81 bits per heavy atom. The van der Waals surface area contributed by atoms with E-state index in [9.17, 15) is 9.59 Å². The van der Waals surface area contributed by atoms with Crippen molar-refractivity contribution < 1.29 is 19.1 Å². The summed E-state index contributed by atoms with van der Waals surface area (Å²) in [5.41, 5.74) is 1.30. The highest BCUT2D eigenvalue weighted by Crippen LogP contribution is 2.40. The minimum Gasteiger partial charge on any atom is -0.454 e. The highest BCUT2D eigenvalue weighted by atomic mass is 35.5. The van der Waals surface area contributed by atoms with Crippen molar-refractivity contribution in [2.24, 2.45) is 0 Å². The molecule has 1 fully saturated rings. The van der Waals surface area contributed by atoms with Gasteiger partial charge in [-0.2, -0.15) is 0 Å². The van der Waals surface area contributed by atoms with Crippen molar-refractivity contribution in [3.05, 3.63) is 52.5 Å². The molecular weight excluding hydrogens is 368 g/mol. The Hall–Kier alpha value is -2.73. The zero-order valence-electron chi connectivity index (χ0n) is 14.7. The number of halogens is 1. The molecule has 2 aliphatic rings.